The molecule has 1 unspecified atom stereocenters. The first kappa shape index (κ1) is 16.6. The van der Waals surface area contributed by atoms with Crippen LogP contribution in [0, 0.1) is 19.3 Å². The van der Waals surface area contributed by atoms with Gasteiger partial charge < -0.3 is 9.73 Å². The van der Waals surface area contributed by atoms with Crippen LogP contribution in [0.4, 0.5) is 0 Å². The van der Waals surface area contributed by atoms with E-state index in [9.17, 15) is 0 Å². The maximum Gasteiger partial charge on any atom is 0.134 e. The van der Waals surface area contributed by atoms with Gasteiger partial charge in [0.05, 0.1) is 6.04 Å². The highest BCUT2D eigenvalue weighted by Crippen LogP contribution is 2.38. The van der Waals surface area contributed by atoms with E-state index in [1.54, 1.807) is 0 Å². The normalized spacial score (nSPS) is 13.9. The van der Waals surface area contributed by atoms with Crippen LogP contribution in [0.3, 0.4) is 0 Å². The maximum atomic E-state index is 6.19. The van der Waals surface area contributed by atoms with Crippen LogP contribution >= 0.6 is 15.9 Å². The molecule has 2 rings (SSSR count). The molecule has 2 aromatic rings. The van der Waals surface area contributed by atoms with E-state index in [-0.39, 0.29) is 11.5 Å². The van der Waals surface area contributed by atoms with Crippen molar-refractivity contribution >= 4 is 26.9 Å². The van der Waals surface area contributed by atoms with Crippen molar-refractivity contribution in [2.45, 2.75) is 54.0 Å². The highest BCUT2D eigenvalue weighted by molar-refractivity contribution is 9.10. The summed E-state index contributed by atoms with van der Waals surface area (Å²) in [6.45, 7) is 14.2. The second-order valence-corrected chi connectivity index (χ2v) is 7.74. The number of aryl methyl sites for hydroxylation is 2. The van der Waals surface area contributed by atoms with Gasteiger partial charge in [-0.1, -0.05) is 43.6 Å². The Morgan fingerprint density at radius 1 is 1.24 bits per heavy atom. The average molecular weight is 352 g/mol. The van der Waals surface area contributed by atoms with Gasteiger partial charge in [0.2, 0.25) is 0 Å². The van der Waals surface area contributed by atoms with Crippen LogP contribution in [0.5, 0.6) is 0 Å². The minimum atomic E-state index is 0.114. The van der Waals surface area contributed by atoms with E-state index in [0.29, 0.717) is 0 Å². The Balaban J connectivity index is 2.52. The second kappa shape index (κ2) is 6.13. The van der Waals surface area contributed by atoms with Gasteiger partial charge in [-0.25, -0.2) is 0 Å². The van der Waals surface area contributed by atoms with E-state index in [1.165, 1.54) is 21.0 Å². The molecule has 0 amide bonds. The number of rotatable bonds is 4. The number of hydrogen-bond donors (Lipinski definition) is 1. The Kier molecular flexibility index (Phi) is 4.84. The summed E-state index contributed by atoms with van der Waals surface area (Å²) in [6, 6.07) is 4.55. The number of fused-ring (bicyclic) bond motifs is 1. The van der Waals surface area contributed by atoms with Gasteiger partial charge >= 0.3 is 0 Å². The third-order valence-electron chi connectivity index (χ3n) is 3.96. The van der Waals surface area contributed by atoms with Crippen LogP contribution in [0.15, 0.2) is 21.0 Å². The molecule has 3 heteroatoms. The quantitative estimate of drug-likeness (QED) is 0.741. The van der Waals surface area contributed by atoms with Crippen molar-refractivity contribution < 1.29 is 4.42 Å². The zero-order valence-electron chi connectivity index (χ0n) is 13.9. The molecule has 0 aliphatic carbocycles. The molecule has 116 valence electrons. The SMILES string of the molecule is CCCNC(c1cc2c(C)c(Br)c(C)cc2o1)C(C)(C)C. The van der Waals surface area contributed by atoms with Gasteiger partial charge in [0.25, 0.3) is 0 Å². The summed E-state index contributed by atoms with van der Waals surface area (Å²) >= 11 is 3.67. The molecule has 1 atom stereocenters. The molecule has 0 aliphatic rings. The van der Waals surface area contributed by atoms with E-state index in [1.807, 2.05) is 0 Å². The lowest BCUT2D eigenvalue weighted by Crippen LogP contribution is -2.32. The van der Waals surface area contributed by atoms with Crippen molar-refractivity contribution in [1.29, 1.82) is 0 Å². The summed E-state index contributed by atoms with van der Waals surface area (Å²) in [7, 11) is 0. The Morgan fingerprint density at radius 2 is 1.90 bits per heavy atom. The zero-order valence-corrected chi connectivity index (χ0v) is 15.5. The first-order valence-corrected chi connectivity index (χ1v) is 8.47. The zero-order chi connectivity index (χ0) is 15.8. The van der Waals surface area contributed by atoms with Gasteiger partial charge in [-0.3, -0.25) is 0 Å². The average Bonchev–Trinajstić information content (AvgIpc) is 2.78. The minimum Gasteiger partial charge on any atom is -0.459 e. The Labute approximate surface area is 136 Å². The van der Waals surface area contributed by atoms with Crippen molar-refractivity contribution in [3.8, 4) is 0 Å². The summed E-state index contributed by atoms with van der Waals surface area (Å²) in [5, 5.41) is 4.83. The van der Waals surface area contributed by atoms with E-state index in [2.05, 4.69) is 74.9 Å². The molecular weight excluding hydrogens is 326 g/mol. The molecule has 1 N–H and O–H groups in total. The van der Waals surface area contributed by atoms with Crippen LogP contribution in [-0.2, 0) is 0 Å². The van der Waals surface area contributed by atoms with Gasteiger partial charge in [-0.05, 0) is 55.5 Å². The van der Waals surface area contributed by atoms with E-state index < -0.39 is 0 Å². The van der Waals surface area contributed by atoms with Crippen molar-refractivity contribution in [3.63, 3.8) is 0 Å². The fraction of sp³-hybridized carbons (Fsp3) is 0.556. The highest BCUT2D eigenvalue weighted by Gasteiger charge is 2.29. The first-order chi connectivity index (χ1) is 9.75. The topological polar surface area (TPSA) is 25.2 Å². The molecule has 0 fully saturated rings. The van der Waals surface area contributed by atoms with E-state index in [0.717, 1.165) is 24.3 Å². The predicted molar refractivity (Wildman–Crippen MR) is 93.9 cm³/mol. The molecule has 0 bridgehead atoms. The lowest BCUT2D eigenvalue weighted by molar-refractivity contribution is 0.242. The van der Waals surface area contributed by atoms with E-state index in [4.69, 9.17) is 4.42 Å². The summed E-state index contributed by atoms with van der Waals surface area (Å²) in [6.07, 6.45) is 1.12. The summed E-state index contributed by atoms with van der Waals surface area (Å²) in [5.41, 5.74) is 3.57. The van der Waals surface area contributed by atoms with Crippen LogP contribution in [0.1, 0.15) is 57.0 Å². The van der Waals surface area contributed by atoms with Gasteiger partial charge in [-0.15, -0.1) is 0 Å². The van der Waals surface area contributed by atoms with Crippen LogP contribution in [0.2, 0.25) is 0 Å². The maximum absolute atomic E-state index is 6.19. The third kappa shape index (κ3) is 3.35. The Morgan fingerprint density at radius 3 is 2.48 bits per heavy atom. The van der Waals surface area contributed by atoms with Crippen LogP contribution < -0.4 is 5.32 Å². The molecule has 1 heterocycles. The number of halogens is 1. The first-order valence-electron chi connectivity index (χ1n) is 7.68. The number of nitrogens with one attached hydrogen (secondary N) is 1. The largest absolute Gasteiger partial charge is 0.459 e. The smallest absolute Gasteiger partial charge is 0.134 e. The lowest BCUT2D eigenvalue weighted by atomic mass is 9.85. The lowest BCUT2D eigenvalue weighted by Gasteiger charge is -2.29. The number of hydrogen-bond acceptors (Lipinski definition) is 2. The van der Waals surface area contributed by atoms with Crippen molar-refractivity contribution in [2.75, 3.05) is 6.54 Å². The van der Waals surface area contributed by atoms with Gasteiger partial charge in [0.1, 0.15) is 11.3 Å². The second-order valence-electron chi connectivity index (χ2n) is 6.95. The fourth-order valence-corrected chi connectivity index (χ4v) is 3.09. The number of furan rings is 1. The number of benzene rings is 1. The summed E-state index contributed by atoms with van der Waals surface area (Å²) in [4.78, 5) is 0. The standard InChI is InChI=1S/C18H26BrNO/c1-7-8-20-17(18(4,5)6)15-10-13-12(3)16(19)11(2)9-14(13)21-15/h9-10,17,20H,7-8H2,1-6H3. The van der Waals surface area contributed by atoms with Crippen molar-refractivity contribution in [3.05, 3.63) is 33.5 Å². The minimum absolute atomic E-state index is 0.114. The molecule has 0 radical (unpaired) electrons. The van der Waals surface area contributed by atoms with Gasteiger partial charge in [-0.2, -0.15) is 0 Å². The Hall–Kier alpha value is -0.800. The highest BCUT2D eigenvalue weighted by atomic mass is 79.9. The predicted octanol–water partition coefficient (Wildman–Crippen LogP) is 5.90. The molecular formula is C18H26BrNO. The van der Waals surface area contributed by atoms with Crippen molar-refractivity contribution in [2.24, 2.45) is 5.41 Å². The van der Waals surface area contributed by atoms with Gasteiger partial charge in [0, 0.05) is 9.86 Å². The summed E-state index contributed by atoms with van der Waals surface area (Å²) in [5.74, 6) is 1.03. The van der Waals surface area contributed by atoms with Gasteiger partial charge in [0.15, 0.2) is 0 Å². The monoisotopic (exact) mass is 351 g/mol. The van der Waals surface area contributed by atoms with Crippen LogP contribution in [-0.4, -0.2) is 6.54 Å². The molecule has 21 heavy (non-hydrogen) atoms. The molecule has 1 aromatic heterocycles. The summed E-state index contributed by atoms with van der Waals surface area (Å²) < 4.78 is 7.36. The fourth-order valence-electron chi connectivity index (χ4n) is 2.76. The molecule has 2 nitrogen and oxygen atoms in total. The molecule has 0 spiro atoms. The molecule has 0 saturated carbocycles. The molecule has 1 aromatic carbocycles. The Bertz CT molecular complexity index is 637. The van der Waals surface area contributed by atoms with E-state index >= 15 is 0 Å². The van der Waals surface area contributed by atoms with Crippen molar-refractivity contribution in [1.82, 2.24) is 5.32 Å². The molecule has 0 aliphatic heterocycles. The van der Waals surface area contributed by atoms with Crippen LogP contribution in [0.25, 0.3) is 11.0 Å². The third-order valence-corrected chi connectivity index (χ3v) is 5.18. The molecule has 0 saturated heterocycles.